The van der Waals surface area contributed by atoms with Gasteiger partial charge in [0.15, 0.2) is 11.5 Å². The molecule has 1 atom stereocenters. The van der Waals surface area contributed by atoms with Crippen LogP contribution in [0.15, 0.2) is 55.9 Å². The molecule has 1 aliphatic heterocycles. The Morgan fingerprint density at radius 2 is 1.90 bits per heavy atom. The van der Waals surface area contributed by atoms with E-state index in [1.807, 2.05) is 43.3 Å². The molecule has 2 aromatic heterocycles. The molecule has 0 spiro atoms. The van der Waals surface area contributed by atoms with Crippen molar-refractivity contribution in [1.29, 1.82) is 0 Å². The molecular formula is C22H25BrN4O3. The van der Waals surface area contributed by atoms with Gasteiger partial charge in [-0.15, -0.1) is 0 Å². The Hall–Kier alpha value is -2.42. The number of carbonyl (C=O) groups excluding carboxylic acids is 1. The van der Waals surface area contributed by atoms with Gasteiger partial charge >= 0.3 is 0 Å². The summed E-state index contributed by atoms with van der Waals surface area (Å²) in [5, 5.41) is 6.95. The lowest BCUT2D eigenvalue weighted by molar-refractivity contribution is 0.0843. The zero-order chi connectivity index (χ0) is 21.1. The van der Waals surface area contributed by atoms with E-state index < -0.39 is 0 Å². The number of benzene rings is 1. The van der Waals surface area contributed by atoms with E-state index in [2.05, 4.69) is 43.3 Å². The molecule has 0 bridgehead atoms. The third-order valence-corrected chi connectivity index (χ3v) is 5.92. The van der Waals surface area contributed by atoms with Crippen molar-refractivity contribution in [2.24, 2.45) is 0 Å². The normalized spacial score (nSPS) is 16.5. The number of hydrogen-bond donors (Lipinski definition) is 1. The molecule has 1 fully saturated rings. The van der Waals surface area contributed by atoms with Gasteiger partial charge in [-0.2, -0.15) is 0 Å². The van der Waals surface area contributed by atoms with Gasteiger partial charge in [0.25, 0.3) is 5.91 Å². The SMILES string of the molecule is Cc1ccc(C(CNC(=O)c2cc(-c3ccc(Br)cc3)on2)N2CCN(C)CC2)o1. The number of amides is 1. The Labute approximate surface area is 184 Å². The molecule has 0 saturated carbocycles. The van der Waals surface area contributed by atoms with Gasteiger partial charge in [0.05, 0.1) is 6.04 Å². The highest BCUT2D eigenvalue weighted by molar-refractivity contribution is 9.10. The van der Waals surface area contributed by atoms with E-state index in [-0.39, 0.29) is 17.6 Å². The van der Waals surface area contributed by atoms with Gasteiger partial charge in [0.2, 0.25) is 0 Å². The van der Waals surface area contributed by atoms with Crippen molar-refractivity contribution in [3.8, 4) is 11.3 Å². The highest BCUT2D eigenvalue weighted by Crippen LogP contribution is 2.25. The summed E-state index contributed by atoms with van der Waals surface area (Å²) < 4.78 is 12.2. The predicted octanol–water partition coefficient (Wildman–Crippen LogP) is 3.72. The Balaban J connectivity index is 1.44. The van der Waals surface area contributed by atoms with E-state index in [9.17, 15) is 4.79 Å². The van der Waals surface area contributed by atoms with Gasteiger partial charge in [0.1, 0.15) is 11.5 Å². The zero-order valence-corrected chi connectivity index (χ0v) is 18.7. The van der Waals surface area contributed by atoms with Crippen molar-refractivity contribution >= 4 is 21.8 Å². The minimum Gasteiger partial charge on any atom is -0.465 e. The van der Waals surface area contributed by atoms with Crippen molar-refractivity contribution in [3.05, 3.63) is 64.2 Å². The first kappa shape index (κ1) is 20.8. The maximum Gasteiger partial charge on any atom is 0.273 e. The van der Waals surface area contributed by atoms with Crippen LogP contribution in [0.3, 0.4) is 0 Å². The molecule has 3 aromatic rings. The van der Waals surface area contributed by atoms with Crippen LogP contribution in [-0.2, 0) is 0 Å². The van der Waals surface area contributed by atoms with Gasteiger partial charge in [-0.25, -0.2) is 0 Å². The molecule has 3 heterocycles. The average Bonchev–Trinajstić information content (AvgIpc) is 3.39. The van der Waals surface area contributed by atoms with Crippen LogP contribution in [0.1, 0.15) is 28.1 Å². The number of hydrogen-bond acceptors (Lipinski definition) is 6. The van der Waals surface area contributed by atoms with Crippen molar-refractivity contribution in [3.63, 3.8) is 0 Å². The third kappa shape index (κ3) is 4.83. The predicted molar refractivity (Wildman–Crippen MR) is 117 cm³/mol. The third-order valence-electron chi connectivity index (χ3n) is 5.40. The highest BCUT2D eigenvalue weighted by Gasteiger charge is 2.27. The summed E-state index contributed by atoms with van der Waals surface area (Å²) in [6.07, 6.45) is 0. The van der Waals surface area contributed by atoms with Crippen LogP contribution in [0, 0.1) is 6.92 Å². The molecule has 0 radical (unpaired) electrons. The Bertz CT molecular complexity index is 990. The maximum atomic E-state index is 12.7. The number of carbonyl (C=O) groups is 1. The molecule has 7 nitrogen and oxygen atoms in total. The second kappa shape index (κ2) is 9.16. The zero-order valence-electron chi connectivity index (χ0n) is 17.1. The number of nitrogens with zero attached hydrogens (tertiary/aromatic N) is 3. The van der Waals surface area contributed by atoms with Crippen LogP contribution in [0.25, 0.3) is 11.3 Å². The number of halogens is 1. The smallest absolute Gasteiger partial charge is 0.273 e. The standard InChI is InChI=1S/C22H25BrN4O3/c1-15-3-8-20(29-15)19(27-11-9-26(2)10-12-27)14-24-22(28)18-13-21(30-25-18)16-4-6-17(23)7-5-16/h3-8,13,19H,9-12,14H2,1-2H3,(H,24,28). The van der Waals surface area contributed by atoms with E-state index >= 15 is 0 Å². The number of piperazine rings is 1. The first-order valence-electron chi connectivity index (χ1n) is 9.99. The van der Waals surface area contributed by atoms with Gasteiger partial charge in [-0.3, -0.25) is 9.69 Å². The van der Waals surface area contributed by atoms with Crippen LogP contribution in [0.5, 0.6) is 0 Å². The van der Waals surface area contributed by atoms with Crippen molar-refractivity contribution < 1.29 is 13.7 Å². The Morgan fingerprint density at radius 1 is 1.17 bits per heavy atom. The van der Waals surface area contributed by atoms with E-state index in [0.29, 0.717) is 12.3 Å². The number of furan rings is 1. The van der Waals surface area contributed by atoms with Gasteiger partial charge in [0, 0.05) is 48.8 Å². The second-order valence-corrected chi connectivity index (χ2v) is 8.51. The summed E-state index contributed by atoms with van der Waals surface area (Å²) >= 11 is 3.41. The quantitative estimate of drug-likeness (QED) is 0.588. The largest absolute Gasteiger partial charge is 0.465 e. The summed E-state index contributed by atoms with van der Waals surface area (Å²) in [5.74, 6) is 2.04. The number of aromatic nitrogens is 1. The van der Waals surface area contributed by atoms with Gasteiger partial charge in [-0.1, -0.05) is 33.2 Å². The van der Waals surface area contributed by atoms with Crippen LogP contribution >= 0.6 is 15.9 Å². The molecule has 1 amide bonds. The Morgan fingerprint density at radius 3 is 2.57 bits per heavy atom. The fraction of sp³-hybridized carbons (Fsp3) is 0.364. The molecule has 158 valence electrons. The van der Waals surface area contributed by atoms with E-state index in [1.54, 1.807) is 6.07 Å². The average molecular weight is 473 g/mol. The van der Waals surface area contributed by atoms with Crippen LogP contribution in [0.4, 0.5) is 0 Å². The number of aryl methyl sites for hydroxylation is 1. The van der Waals surface area contributed by atoms with Crippen LogP contribution in [-0.4, -0.2) is 60.6 Å². The van der Waals surface area contributed by atoms with Crippen molar-refractivity contribution in [2.45, 2.75) is 13.0 Å². The number of rotatable bonds is 6. The summed E-state index contributed by atoms with van der Waals surface area (Å²) in [7, 11) is 2.12. The number of likely N-dealkylation sites (N-methyl/N-ethyl adjacent to an activating group) is 1. The van der Waals surface area contributed by atoms with Crippen molar-refractivity contribution in [2.75, 3.05) is 39.8 Å². The lowest BCUT2D eigenvalue weighted by atomic mass is 10.1. The molecule has 0 aliphatic carbocycles. The minimum absolute atomic E-state index is 0.0193. The molecule has 4 rings (SSSR count). The molecular weight excluding hydrogens is 448 g/mol. The van der Waals surface area contributed by atoms with Gasteiger partial charge < -0.3 is 19.2 Å². The fourth-order valence-electron chi connectivity index (χ4n) is 3.59. The van der Waals surface area contributed by atoms with Crippen LogP contribution in [0.2, 0.25) is 0 Å². The van der Waals surface area contributed by atoms with Crippen LogP contribution < -0.4 is 5.32 Å². The molecule has 1 unspecified atom stereocenters. The molecule has 1 saturated heterocycles. The highest BCUT2D eigenvalue weighted by atomic mass is 79.9. The summed E-state index contributed by atoms with van der Waals surface area (Å²) in [5.41, 5.74) is 1.13. The Kier molecular flexibility index (Phi) is 6.36. The van der Waals surface area contributed by atoms with Gasteiger partial charge in [-0.05, 0) is 38.2 Å². The second-order valence-electron chi connectivity index (χ2n) is 7.60. The first-order chi connectivity index (χ1) is 14.5. The van der Waals surface area contributed by atoms with Crippen molar-refractivity contribution in [1.82, 2.24) is 20.3 Å². The fourth-order valence-corrected chi connectivity index (χ4v) is 3.85. The topological polar surface area (TPSA) is 74.8 Å². The number of nitrogens with one attached hydrogen (secondary N) is 1. The van der Waals surface area contributed by atoms with E-state index in [1.165, 1.54) is 0 Å². The summed E-state index contributed by atoms with van der Waals surface area (Å²) in [6, 6.07) is 13.3. The lowest BCUT2D eigenvalue weighted by Gasteiger charge is -2.37. The monoisotopic (exact) mass is 472 g/mol. The first-order valence-corrected chi connectivity index (χ1v) is 10.8. The lowest BCUT2D eigenvalue weighted by Crippen LogP contribution is -2.48. The maximum absolute atomic E-state index is 12.7. The van der Waals surface area contributed by atoms with E-state index in [0.717, 1.165) is 47.7 Å². The summed E-state index contributed by atoms with van der Waals surface area (Å²) in [6.45, 7) is 6.20. The van der Waals surface area contributed by atoms with E-state index in [4.69, 9.17) is 8.94 Å². The molecule has 1 N–H and O–H groups in total. The molecule has 8 heteroatoms. The minimum atomic E-state index is -0.260. The molecule has 1 aliphatic rings. The molecule has 1 aromatic carbocycles. The summed E-state index contributed by atoms with van der Waals surface area (Å²) in [4.78, 5) is 17.4. The molecule has 30 heavy (non-hydrogen) atoms.